The number of benzene rings is 1. The summed E-state index contributed by atoms with van der Waals surface area (Å²) in [5.74, 6) is 0.0856. The molecule has 0 aliphatic carbocycles. The van der Waals surface area contributed by atoms with E-state index >= 15 is 0 Å². The quantitative estimate of drug-likeness (QED) is 0.946. The topological polar surface area (TPSA) is 45.2 Å². The standard InChI is InChI=1S/C18H21N3O/c1-14-5-2-3-7-17(14)20-16-8-11-21(12-9-16)18(22)15-6-4-10-19-13-15/h2-7,10,13,16,20H,8-9,11-12H2,1H3. The van der Waals surface area contributed by atoms with Gasteiger partial charge < -0.3 is 10.2 Å². The Morgan fingerprint density at radius 1 is 1.18 bits per heavy atom. The van der Waals surface area contributed by atoms with Gasteiger partial charge in [-0.1, -0.05) is 18.2 Å². The number of hydrogen-bond acceptors (Lipinski definition) is 3. The van der Waals surface area contributed by atoms with Crippen molar-refractivity contribution >= 4 is 11.6 Å². The highest BCUT2D eigenvalue weighted by molar-refractivity contribution is 5.93. The van der Waals surface area contributed by atoms with E-state index in [2.05, 4.69) is 41.5 Å². The highest BCUT2D eigenvalue weighted by Crippen LogP contribution is 2.20. The van der Waals surface area contributed by atoms with Crippen LogP contribution >= 0.6 is 0 Å². The van der Waals surface area contributed by atoms with Crippen molar-refractivity contribution in [1.29, 1.82) is 0 Å². The average Bonchev–Trinajstić information content (AvgIpc) is 2.58. The fourth-order valence-corrected chi connectivity index (χ4v) is 2.85. The van der Waals surface area contributed by atoms with Crippen molar-refractivity contribution in [3.05, 3.63) is 59.9 Å². The van der Waals surface area contributed by atoms with E-state index in [1.54, 1.807) is 18.5 Å². The predicted molar refractivity (Wildman–Crippen MR) is 88.0 cm³/mol. The molecule has 2 aromatic rings. The van der Waals surface area contributed by atoms with Crippen LogP contribution in [0.25, 0.3) is 0 Å². The molecule has 0 atom stereocenters. The summed E-state index contributed by atoms with van der Waals surface area (Å²) in [6.45, 7) is 3.69. The molecule has 0 saturated carbocycles. The van der Waals surface area contributed by atoms with Gasteiger partial charge in [0, 0.05) is 37.2 Å². The highest BCUT2D eigenvalue weighted by Gasteiger charge is 2.23. The van der Waals surface area contributed by atoms with Crippen molar-refractivity contribution in [3.8, 4) is 0 Å². The maximum Gasteiger partial charge on any atom is 0.255 e. The Balaban J connectivity index is 1.57. The van der Waals surface area contributed by atoms with Gasteiger partial charge in [-0.25, -0.2) is 0 Å². The molecule has 0 radical (unpaired) electrons. The second-order valence-electron chi connectivity index (χ2n) is 5.77. The van der Waals surface area contributed by atoms with Gasteiger partial charge in [-0.3, -0.25) is 9.78 Å². The minimum atomic E-state index is 0.0856. The second kappa shape index (κ2) is 6.60. The van der Waals surface area contributed by atoms with Crippen LogP contribution in [0.2, 0.25) is 0 Å². The fraction of sp³-hybridized carbons (Fsp3) is 0.333. The second-order valence-corrected chi connectivity index (χ2v) is 5.77. The van der Waals surface area contributed by atoms with E-state index in [-0.39, 0.29) is 5.91 Å². The molecule has 1 aliphatic rings. The summed E-state index contributed by atoms with van der Waals surface area (Å²) in [7, 11) is 0. The number of anilines is 1. The van der Waals surface area contributed by atoms with Crippen LogP contribution in [0.15, 0.2) is 48.8 Å². The molecule has 1 aliphatic heterocycles. The molecule has 1 aromatic heterocycles. The smallest absolute Gasteiger partial charge is 0.255 e. The first-order chi connectivity index (χ1) is 10.7. The highest BCUT2D eigenvalue weighted by atomic mass is 16.2. The molecule has 2 heterocycles. The van der Waals surface area contributed by atoms with Gasteiger partial charge in [0.15, 0.2) is 0 Å². The van der Waals surface area contributed by atoms with Crippen LogP contribution in [0.1, 0.15) is 28.8 Å². The van der Waals surface area contributed by atoms with Gasteiger partial charge in [0.2, 0.25) is 0 Å². The lowest BCUT2D eigenvalue weighted by Crippen LogP contribution is -2.42. The van der Waals surface area contributed by atoms with E-state index in [1.807, 2.05) is 11.0 Å². The van der Waals surface area contributed by atoms with Crippen LogP contribution in [0.3, 0.4) is 0 Å². The van der Waals surface area contributed by atoms with Crippen LogP contribution in [-0.2, 0) is 0 Å². The summed E-state index contributed by atoms with van der Waals surface area (Å²) in [5.41, 5.74) is 3.13. The Morgan fingerprint density at radius 2 is 1.95 bits per heavy atom. The molecule has 0 spiro atoms. The molecule has 114 valence electrons. The summed E-state index contributed by atoms with van der Waals surface area (Å²) in [6, 6.07) is 12.4. The number of carbonyl (C=O) groups is 1. The van der Waals surface area contributed by atoms with Crippen LogP contribution < -0.4 is 5.32 Å². The average molecular weight is 295 g/mol. The molecule has 1 aromatic carbocycles. The third-order valence-corrected chi connectivity index (χ3v) is 4.20. The number of amides is 1. The largest absolute Gasteiger partial charge is 0.382 e. The SMILES string of the molecule is Cc1ccccc1NC1CCN(C(=O)c2cccnc2)CC1. The van der Waals surface area contributed by atoms with E-state index in [0.717, 1.165) is 25.9 Å². The van der Waals surface area contributed by atoms with Crippen LogP contribution in [-0.4, -0.2) is 34.9 Å². The first-order valence-electron chi connectivity index (χ1n) is 7.75. The van der Waals surface area contributed by atoms with Gasteiger partial charge in [-0.2, -0.15) is 0 Å². The van der Waals surface area contributed by atoms with E-state index in [1.165, 1.54) is 11.3 Å². The first-order valence-corrected chi connectivity index (χ1v) is 7.75. The number of hydrogen-bond donors (Lipinski definition) is 1. The zero-order chi connectivity index (χ0) is 15.4. The zero-order valence-corrected chi connectivity index (χ0v) is 12.8. The lowest BCUT2D eigenvalue weighted by Gasteiger charge is -2.33. The van der Waals surface area contributed by atoms with Gasteiger partial charge in [0.05, 0.1) is 5.56 Å². The zero-order valence-electron chi connectivity index (χ0n) is 12.8. The molecular formula is C18H21N3O. The van der Waals surface area contributed by atoms with E-state index in [0.29, 0.717) is 11.6 Å². The van der Waals surface area contributed by atoms with Gasteiger partial charge in [-0.05, 0) is 43.5 Å². The molecule has 0 unspecified atom stereocenters. The number of rotatable bonds is 3. The van der Waals surface area contributed by atoms with Crippen LogP contribution in [0.5, 0.6) is 0 Å². The van der Waals surface area contributed by atoms with E-state index < -0.39 is 0 Å². The lowest BCUT2D eigenvalue weighted by molar-refractivity contribution is 0.0718. The maximum atomic E-state index is 12.4. The third kappa shape index (κ3) is 3.27. The van der Waals surface area contributed by atoms with Crippen LogP contribution in [0.4, 0.5) is 5.69 Å². The maximum absolute atomic E-state index is 12.4. The predicted octanol–water partition coefficient (Wildman–Crippen LogP) is 3.11. The van der Waals surface area contributed by atoms with Gasteiger partial charge in [-0.15, -0.1) is 0 Å². The molecule has 22 heavy (non-hydrogen) atoms. The van der Waals surface area contributed by atoms with Crippen molar-refractivity contribution in [2.24, 2.45) is 0 Å². The van der Waals surface area contributed by atoms with Crippen molar-refractivity contribution in [2.75, 3.05) is 18.4 Å². The van der Waals surface area contributed by atoms with E-state index in [4.69, 9.17) is 0 Å². The first kappa shape index (κ1) is 14.6. The number of piperidine rings is 1. The number of aryl methyl sites for hydroxylation is 1. The Kier molecular flexibility index (Phi) is 4.37. The third-order valence-electron chi connectivity index (χ3n) is 4.20. The number of nitrogens with zero attached hydrogens (tertiary/aromatic N) is 2. The molecule has 0 bridgehead atoms. The number of pyridine rings is 1. The van der Waals surface area contributed by atoms with Gasteiger partial charge >= 0.3 is 0 Å². The minimum absolute atomic E-state index is 0.0856. The van der Waals surface area contributed by atoms with Crippen molar-refractivity contribution in [3.63, 3.8) is 0 Å². The normalized spacial score (nSPS) is 15.6. The van der Waals surface area contributed by atoms with Gasteiger partial charge in [0.25, 0.3) is 5.91 Å². The molecule has 4 heteroatoms. The summed E-state index contributed by atoms with van der Waals surface area (Å²) < 4.78 is 0. The molecule has 1 fully saturated rings. The van der Waals surface area contributed by atoms with E-state index in [9.17, 15) is 4.79 Å². The Morgan fingerprint density at radius 3 is 2.64 bits per heavy atom. The number of aromatic nitrogens is 1. The van der Waals surface area contributed by atoms with Crippen molar-refractivity contribution in [1.82, 2.24) is 9.88 Å². The molecule has 1 amide bonds. The molecule has 1 N–H and O–H groups in total. The lowest BCUT2D eigenvalue weighted by atomic mass is 10.0. The Hall–Kier alpha value is -2.36. The van der Waals surface area contributed by atoms with Crippen molar-refractivity contribution < 1.29 is 4.79 Å². The number of carbonyl (C=O) groups excluding carboxylic acids is 1. The molecule has 1 saturated heterocycles. The Bertz CT molecular complexity index is 634. The summed E-state index contributed by atoms with van der Waals surface area (Å²) in [5, 5.41) is 3.60. The molecule has 4 nitrogen and oxygen atoms in total. The summed E-state index contributed by atoms with van der Waals surface area (Å²) in [4.78, 5) is 18.3. The van der Waals surface area contributed by atoms with Gasteiger partial charge in [0.1, 0.15) is 0 Å². The number of para-hydroxylation sites is 1. The summed E-state index contributed by atoms with van der Waals surface area (Å²) in [6.07, 6.45) is 5.27. The van der Waals surface area contributed by atoms with Crippen LogP contribution in [0, 0.1) is 6.92 Å². The minimum Gasteiger partial charge on any atom is -0.382 e. The number of nitrogens with one attached hydrogen (secondary N) is 1. The van der Waals surface area contributed by atoms with Crippen molar-refractivity contribution in [2.45, 2.75) is 25.8 Å². The molecule has 3 rings (SSSR count). The Labute approximate surface area is 131 Å². The molecular weight excluding hydrogens is 274 g/mol. The number of likely N-dealkylation sites (tertiary alicyclic amines) is 1. The fourth-order valence-electron chi connectivity index (χ4n) is 2.85. The monoisotopic (exact) mass is 295 g/mol. The summed E-state index contributed by atoms with van der Waals surface area (Å²) >= 11 is 0.